The van der Waals surface area contributed by atoms with Crippen LogP contribution in [0.25, 0.3) is 0 Å². The van der Waals surface area contributed by atoms with Gasteiger partial charge in [0, 0.05) is 12.4 Å². The molecule has 1 aliphatic rings. The number of fused-ring (bicyclic) bond motifs is 1. The van der Waals surface area contributed by atoms with Crippen molar-refractivity contribution in [1.29, 1.82) is 0 Å². The Labute approximate surface area is 98.5 Å². The van der Waals surface area contributed by atoms with Crippen LogP contribution >= 0.6 is 0 Å². The second-order valence-electron chi connectivity index (χ2n) is 4.78. The van der Waals surface area contributed by atoms with Gasteiger partial charge in [-0.15, -0.1) is 0 Å². The first kappa shape index (κ1) is 11.6. The third kappa shape index (κ3) is 3.58. The molecule has 0 saturated carbocycles. The van der Waals surface area contributed by atoms with Gasteiger partial charge in [-0.25, -0.2) is 0 Å². The zero-order chi connectivity index (χ0) is 11.1. The minimum atomic E-state index is 1.13. The molecule has 0 N–H and O–H groups in total. The van der Waals surface area contributed by atoms with Crippen LogP contribution in [-0.2, 0) is 12.8 Å². The van der Waals surface area contributed by atoms with Gasteiger partial charge in [0.1, 0.15) is 0 Å². The van der Waals surface area contributed by atoms with Crippen molar-refractivity contribution in [2.24, 2.45) is 0 Å². The Balaban J connectivity index is 1.99. The molecule has 2 rings (SSSR count). The summed E-state index contributed by atoms with van der Waals surface area (Å²) in [6, 6.07) is 0. The maximum Gasteiger partial charge on any atom is 0.0618 e. The van der Waals surface area contributed by atoms with Crippen LogP contribution in [0.5, 0.6) is 0 Å². The summed E-state index contributed by atoms with van der Waals surface area (Å²) in [6.07, 6.45) is 16.9. The highest BCUT2D eigenvalue weighted by atomic mass is 14.8. The maximum absolute atomic E-state index is 4.48. The van der Waals surface area contributed by atoms with E-state index < -0.39 is 0 Å². The van der Waals surface area contributed by atoms with Crippen molar-refractivity contribution in [1.82, 2.24) is 9.97 Å². The molecular weight excluding hydrogens is 196 g/mol. The largest absolute Gasteiger partial charge is 0.258 e. The Morgan fingerprint density at radius 1 is 0.562 bits per heavy atom. The van der Waals surface area contributed by atoms with Crippen molar-refractivity contribution in [3.8, 4) is 0 Å². The standard InChI is InChI=1S/C14H22N2/c1-2-4-6-8-10-14-13(9-7-5-3-1)15-11-12-16-14/h11-12H,1-10H2. The maximum atomic E-state index is 4.48. The van der Waals surface area contributed by atoms with Gasteiger partial charge < -0.3 is 0 Å². The number of rotatable bonds is 0. The number of nitrogens with zero attached hydrogens (tertiary/aromatic N) is 2. The van der Waals surface area contributed by atoms with E-state index in [0.29, 0.717) is 0 Å². The van der Waals surface area contributed by atoms with E-state index in [-0.39, 0.29) is 0 Å². The zero-order valence-corrected chi connectivity index (χ0v) is 10.1. The van der Waals surface area contributed by atoms with Gasteiger partial charge >= 0.3 is 0 Å². The Hall–Kier alpha value is -0.920. The second kappa shape index (κ2) is 6.62. The molecule has 1 aromatic heterocycles. The van der Waals surface area contributed by atoms with Gasteiger partial charge in [-0.3, -0.25) is 9.97 Å². The highest BCUT2D eigenvalue weighted by Crippen LogP contribution is 2.15. The second-order valence-corrected chi connectivity index (χ2v) is 4.78. The smallest absolute Gasteiger partial charge is 0.0618 e. The fourth-order valence-electron chi connectivity index (χ4n) is 2.46. The fourth-order valence-corrected chi connectivity index (χ4v) is 2.46. The molecule has 0 aliphatic heterocycles. The minimum absolute atomic E-state index is 1.13. The Kier molecular flexibility index (Phi) is 4.78. The third-order valence-electron chi connectivity index (χ3n) is 3.44. The van der Waals surface area contributed by atoms with Gasteiger partial charge in [-0.1, -0.05) is 38.5 Å². The molecule has 0 fully saturated rings. The Bertz CT molecular complexity index is 278. The average Bonchev–Trinajstić information content (AvgIpc) is 2.30. The van der Waals surface area contributed by atoms with E-state index in [9.17, 15) is 0 Å². The van der Waals surface area contributed by atoms with E-state index in [1.807, 2.05) is 12.4 Å². The van der Waals surface area contributed by atoms with Crippen molar-refractivity contribution in [3.05, 3.63) is 23.8 Å². The quantitative estimate of drug-likeness (QED) is 0.663. The molecule has 88 valence electrons. The third-order valence-corrected chi connectivity index (χ3v) is 3.44. The number of aromatic nitrogens is 2. The highest BCUT2D eigenvalue weighted by molar-refractivity contribution is 5.10. The molecule has 0 aromatic carbocycles. The summed E-state index contributed by atoms with van der Waals surface area (Å²) < 4.78 is 0. The lowest BCUT2D eigenvalue weighted by atomic mass is 10.0. The van der Waals surface area contributed by atoms with Crippen LogP contribution in [0.15, 0.2) is 12.4 Å². The van der Waals surface area contributed by atoms with Gasteiger partial charge in [0.05, 0.1) is 11.4 Å². The van der Waals surface area contributed by atoms with Crippen LogP contribution in [-0.4, -0.2) is 9.97 Å². The lowest BCUT2D eigenvalue weighted by Crippen LogP contribution is -2.02. The van der Waals surface area contributed by atoms with E-state index in [2.05, 4.69) is 9.97 Å². The van der Waals surface area contributed by atoms with E-state index in [4.69, 9.17) is 0 Å². The SMILES string of the molecule is c1cnc2c(n1)CCCCCCCCCC2. The molecule has 0 unspecified atom stereocenters. The summed E-state index contributed by atoms with van der Waals surface area (Å²) in [4.78, 5) is 8.97. The minimum Gasteiger partial charge on any atom is -0.258 e. The van der Waals surface area contributed by atoms with E-state index in [1.54, 1.807) is 0 Å². The normalized spacial score (nSPS) is 19.2. The summed E-state index contributed by atoms with van der Waals surface area (Å²) in [5.41, 5.74) is 2.51. The molecule has 0 saturated heterocycles. The fraction of sp³-hybridized carbons (Fsp3) is 0.714. The van der Waals surface area contributed by atoms with Crippen molar-refractivity contribution < 1.29 is 0 Å². The van der Waals surface area contributed by atoms with Gasteiger partial charge in [0.2, 0.25) is 0 Å². The molecule has 0 atom stereocenters. The number of hydrogen-bond acceptors (Lipinski definition) is 2. The molecule has 0 amide bonds. The first-order valence-electron chi connectivity index (χ1n) is 6.75. The van der Waals surface area contributed by atoms with Gasteiger partial charge in [-0.2, -0.15) is 0 Å². The van der Waals surface area contributed by atoms with E-state index >= 15 is 0 Å². The molecule has 1 aliphatic carbocycles. The lowest BCUT2D eigenvalue weighted by molar-refractivity contribution is 0.554. The van der Waals surface area contributed by atoms with Gasteiger partial charge in [-0.05, 0) is 25.7 Å². The average molecular weight is 218 g/mol. The van der Waals surface area contributed by atoms with Crippen molar-refractivity contribution in [3.63, 3.8) is 0 Å². The van der Waals surface area contributed by atoms with Crippen LogP contribution in [0, 0.1) is 0 Å². The van der Waals surface area contributed by atoms with Crippen LogP contribution in [0.1, 0.15) is 62.8 Å². The van der Waals surface area contributed by atoms with Crippen molar-refractivity contribution >= 4 is 0 Å². The molecule has 0 radical (unpaired) electrons. The topological polar surface area (TPSA) is 25.8 Å². The Morgan fingerprint density at radius 3 is 1.38 bits per heavy atom. The number of aryl methyl sites for hydroxylation is 2. The zero-order valence-electron chi connectivity index (χ0n) is 10.1. The molecule has 16 heavy (non-hydrogen) atoms. The van der Waals surface area contributed by atoms with Crippen LogP contribution in [0.3, 0.4) is 0 Å². The predicted molar refractivity (Wildman–Crippen MR) is 66.4 cm³/mol. The highest BCUT2D eigenvalue weighted by Gasteiger charge is 2.05. The molecule has 2 heteroatoms. The Morgan fingerprint density at radius 2 is 0.938 bits per heavy atom. The van der Waals surface area contributed by atoms with Crippen LogP contribution < -0.4 is 0 Å². The van der Waals surface area contributed by atoms with E-state index in [0.717, 1.165) is 12.8 Å². The molecule has 0 bridgehead atoms. The summed E-state index contributed by atoms with van der Waals surface area (Å²) >= 11 is 0. The summed E-state index contributed by atoms with van der Waals surface area (Å²) in [6.45, 7) is 0. The molecule has 1 heterocycles. The summed E-state index contributed by atoms with van der Waals surface area (Å²) in [5, 5.41) is 0. The van der Waals surface area contributed by atoms with Crippen molar-refractivity contribution in [2.45, 2.75) is 64.2 Å². The summed E-state index contributed by atoms with van der Waals surface area (Å²) in [5.74, 6) is 0. The van der Waals surface area contributed by atoms with E-state index in [1.165, 1.54) is 62.8 Å². The number of hydrogen-bond donors (Lipinski definition) is 0. The van der Waals surface area contributed by atoms with Crippen LogP contribution in [0.2, 0.25) is 0 Å². The van der Waals surface area contributed by atoms with Crippen molar-refractivity contribution in [2.75, 3.05) is 0 Å². The lowest BCUT2D eigenvalue weighted by Gasteiger charge is -2.09. The summed E-state index contributed by atoms with van der Waals surface area (Å²) in [7, 11) is 0. The molecule has 2 nitrogen and oxygen atoms in total. The van der Waals surface area contributed by atoms with Gasteiger partial charge in [0.15, 0.2) is 0 Å². The predicted octanol–water partition coefficient (Wildman–Crippen LogP) is 3.70. The monoisotopic (exact) mass is 218 g/mol. The molecule has 0 spiro atoms. The first-order chi connectivity index (χ1) is 7.97. The van der Waals surface area contributed by atoms with Crippen LogP contribution in [0.4, 0.5) is 0 Å². The van der Waals surface area contributed by atoms with Gasteiger partial charge in [0.25, 0.3) is 0 Å². The first-order valence-corrected chi connectivity index (χ1v) is 6.75. The molecule has 1 aromatic rings. The molecular formula is C14H22N2.